The molecule has 3 N–H and O–H groups in total. The van der Waals surface area contributed by atoms with Gasteiger partial charge in [0.2, 0.25) is 0 Å². The fourth-order valence-corrected chi connectivity index (χ4v) is 2.53. The smallest absolute Gasteiger partial charge is 0.288 e. The molecule has 124 valence electrons. The van der Waals surface area contributed by atoms with Crippen LogP contribution >= 0.6 is 35.2 Å². The Hall–Kier alpha value is -2.56. The molecular weight excluding hydrogens is 376 g/mol. The number of amides is 2. The summed E-state index contributed by atoms with van der Waals surface area (Å²) >= 11 is 11.8. The van der Waals surface area contributed by atoms with Gasteiger partial charge in [0.25, 0.3) is 17.5 Å². The van der Waals surface area contributed by atoms with E-state index in [4.69, 9.17) is 23.8 Å². The lowest BCUT2D eigenvalue weighted by molar-refractivity contribution is -0.384. The van der Waals surface area contributed by atoms with Crippen molar-refractivity contribution in [2.24, 2.45) is 0 Å². The summed E-state index contributed by atoms with van der Waals surface area (Å²) in [6.45, 7) is 0. The minimum absolute atomic E-state index is 0.00554. The monoisotopic (exact) mass is 384 g/mol. The van der Waals surface area contributed by atoms with E-state index in [1.165, 1.54) is 23.5 Å². The molecule has 0 aliphatic rings. The molecule has 24 heavy (non-hydrogen) atoms. The van der Waals surface area contributed by atoms with Crippen molar-refractivity contribution in [3.05, 3.63) is 61.3 Å². The van der Waals surface area contributed by atoms with Crippen LogP contribution in [0.25, 0.3) is 0 Å². The van der Waals surface area contributed by atoms with Crippen molar-refractivity contribution < 1.29 is 14.5 Å². The molecule has 11 heteroatoms. The molecule has 2 rings (SSSR count). The van der Waals surface area contributed by atoms with Gasteiger partial charge < -0.3 is 0 Å². The third-order valence-electron chi connectivity index (χ3n) is 2.67. The highest BCUT2D eigenvalue weighted by atomic mass is 35.5. The normalized spacial score (nSPS) is 9.88. The maximum atomic E-state index is 11.9. The van der Waals surface area contributed by atoms with E-state index in [2.05, 4.69) is 16.2 Å². The highest BCUT2D eigenvalue weighted by molar-refractivity contribution is 7.80. The van der Waals surface area contributed by atoms with Gasteiger partial charge in [-0.15, -0.1) is 11.3 Å². The molecule has 8 nitrogen and oxygen atoms in total. The Bertz CT molecular complexity index is 810. The van der Waals surface area contributed by atoms with Crippen molar-refractivity contribution in [1.82, 2.24) is 16.2 Å². The summed E-state index contributed by atoms with van der Waals surface area (Å²) in [7, 11) is 0. The Labute approximate surface area is 149 Å². The number of hydrogen-bond acceptors (Lipinski definition) is 6. The van der Waals surface area contributed by atoms with E-state index < -0.39 is 22.4 Å². The fourth-order valence-electron chi connectivity index (χ4n) is 1.58. The maximum Gasteiger partial charge on any atom is 0.288 e. The number of thiocarbonyl (C=S) groups is 1. The first-order chi connectivity index (χ1) is 11.4. The van der Waals surface area contributed by atoms with E-state index in [9.17, 15) is 19.7 Å². The van der Waals surface area contributed by atoms with Gasteiger partial charge in [0.1, 0.15) is 5.02 Å². The molecule has 0 spiro atoms. The number of nitro benzene ring substituents is 1. The lowest BCUT2D eigenvalue weighted by Gasteiger charge is -2.10. The van der Waals surface area contributed by atoms with Crippen LogP contribution < -0.4 is 16.2 Å². The highest BCUT2D eigenvalue weighted by Gasteiger charge is 2.16. The topological polar surface area (TPSA) is 113 Å². The van der Waals surface area contributed by atoms with Gasteiger partial charge >= 0.3 is 0 Å². The van der Waals surface area contributed by atoms with E-state index in [0.717, 1.165) is 6.07 Å². The van der Waals surface area contributed by atoms with Gasteiger partial charge in [-0.05, 0) is 35.8 Å². The third kappa shape index (κ3) is 4.47. The second-order valence-corrected chi connectivity index (χ2v) is 6.03. The van der Waals surface area contributed by atoms with E-state index in [0.29, 0.717) is 4.88 Å². The number of hydrazine groups is 1. The quantitative estimate of drug-likeness (QED) is 0.425. The summed E-state index contributed by atoms with van der Waals surface area (Å²) in [5.74, 6) is -1.10. The summed E-state index contributed by atoms with van der Waals surface area (Å²) in [6, 6.07) is 6.93. The number of nitrogens with zero attached hydrogens (tertiary/aromatic N) is 1. The van der Waals surface area contributed by atoms with Gasteiger partial charge in [0.15, 0.2) is 5.11 Å². The molecule has 1 aromatic carbocycles. The zero-order valence-electron chi connectivity index (χ0n) is 11.7. The summed E-state index contributed by atoms with van der Waals surface area (Å²) in [4.78, 5) is 34.3. The molecule has 0 saturated carbocycles. The highest BCUT2D eigenvalue weighted by Crippen LogP contribution is 2.24. The second kappa shape index (κ2) is 7.81. The number of nitrogens with one attached hydrogen (secondary N) is 3. The van der Waals surface area contributed by atoms with Crippen LogP contribution in [0.2, 0.25) is 5.02 Å². The SMILES string of the molecule is O=C(NNC(=S)NC(=O)c1cccs1)c1ccc(Cl)c([N+](=O)[O-])c1. The van der Waals surface area contributed by atoms with E-state index in [1.807, 2.05) is 0 Å². The molecule has 2 amide bonds. The van der Waals surface area contributed by atoms with Gasteiger partial charge in [0, 0.05) is 11.6 Å². The Morgan fingerprint density at radius 3 is 2.58 bits per heavy atom. The van der Waals surface area contributed by atoms with Crippen molar-refractivity contribution in [2.75, 3.05) is 0 Å². The number of carbonyl (C=O) groups is 2. The molecule has 2 aromatic rings. The minimum Gasteiger partial charge on any atom is -0.297 e. The molecule has 0 atom stereocenters. The number of nitro groups is 1. The van der Waals surface area contributed by atoms with E-state index >= 15 is 0 Å². The van der Waals surface area contributed by atoms with Crippen LogP contribution in [0.1, 0.15) is 20.0 Å². The van der Waals surface area contributed by atoms with Crippen LogP contribution in [0.15, 0.2) is 35.7 Å². The van der Waals surface area contributed by atoms with Crippen LogP contribution in [0, 0.1) is 10.1 Å². The molecule has 1 heterocycles. The number of rotatable bonds is 3. The predicted octanol–water partition coefficient (Wildman–Crippen LogP) is 2.26. The lowest BCUT2D eigenvalue weighted by atomic mass is 10.2. The Morgan fingerprint density at radius 2 is 1.96 bits per heavy atom. The van der Waals surface area contributed by atoms with Crippen molar-refractivity contribution in [2.45, 2.75) is 0 Å². The second-order valence-electron chi connectivity index (χ2n) is 4.26. The van der Waals surface area contributed by atoms with Crippen LogP contribution in [-0.4, -0.2) is 21.9 Å². The standard InChI is InChI=1S/C13H9ClN4O4S2/c14-8-4-3-7(6-9(8)18(21)22)11(19)16-17-13(23)15-12(20)10-2-1-5-24-10/h1-6H,(H,16,19)(H2,15,17,20,23). The maximum absolute atomic E-state index is 11.9. The van der Waals surface area contributed by atoms with Crippen LogP contribution in [0.5, 0.6) is 0 Å². The first kappa shape index (κ1) is 17.8. The predicted molar refractivity (Wildman–Crippen MR) is 93.1 cm³/mol. The molecule has 1 aromatic heterocycles. The Balaban J connectivity index is 1.93. The molecule has 0 fully saturated rings. The zero-order chi connectivity index (χ0) is 17.7. The van der Waals surface area contributed by atoms with E-state index in [-0.39, 0.29) is 15.7 Å². The van der Waals surface area contributed by atoms with Crippen molar-refractivity contribution >= 4 is 57.8 Å². The first-order valence-corrected chi connectivity index (χ1v) is 7.94. The largest absolute Gasteiger partial charge is 0.297 e. The van der Waals surface area contributed by atoms with Gasteiger partial charge in [-0.25, -0.2) is 0 Å². The number of carbonyl (C=O) groups excluding carboxylic acids is 2. The number of benzene rings is 1. The number of thiophene rings is 1. The molecule has 0 radical (unpaired) electrons. The Kier molecular flexibility index (Phi) is 5.79. The van der Waals surface area contributed by atoms with Crippen LogP contribution in [-0.2, 0) is 0 Å². The minimum atomic E-state index is -0.696. The van der Waals surface area contributed by atoms with Crippen molar-refractivity contribution in [3.8, 4) is 0 Å². The molecular formula is C13H9ClN4O4S2. The van der Waals surface area contributed by atoms with Crippen LogP contribution in [0.3, 0.4) is 0 Å². The third-order valence-corrected chi connectivity index (χ3v) is 4.06. The fraction of sp³-hybridized carbons (Fsp3) is 0. The molecule has 0 saturated heterocycles. The lowest BCUT2D eigenvalue weighted by Crippen LogP contribution is -2.48. The summed E-state index contributed by atoms with van der Waals surface area (Å²) in [6.07, 6.45) is 0. The molecule has 0 aliphatic heterocycles. The first-order valence-electron chi connectivity index (χ1n) is 6.27. The summed E-state index contributed by atoms with van der Waals surface area (Å²) in [5, 5.41) is 14.7. The molecule has 0 bridgehead atoms. The van der Waals surface area contributed by atoms with E-state index in [1.54, 1.807) is 17.5 Å². The number of hydrogen-bond donors (Lipinski definition) is 3. The van der Waals surface area contributed by atoms with Gasteiger partial charge in [-0.1, -0.05) is 17.7 Å². The number of halogens is 1. The molecule has 0 aliphatic carbocycles. The van der Waals surface area contributed by atoms with Gasteiger partial charge in [-0.3, -0.25) is 35.9 Å². The van der Waals surface area contributed by atoms with Crippen molar-refractivity contribution in [1.29, 1.82) is 0 Å². The summed E-state index contributed by atoms with van der Waals surface area (Å²) in [5.41, 5.74) is 4.18. The molecule has 0 unspecified atom stereocenters. The van der Waals surface area contributed by atoms with Gasteiger partial charge in [-0.2, -0.15) is 0 Å². The van der Waals surface area contributed by atoms with Crippen LogP contribution in [0.4, 0.5) is 5.69 Å². The summed E-state index contributed by atoms with van der Waals surface area (Å²) < 4.78 is 0. The zero-order valence-corrected chi connectivity index (χ0v) is 14.1. The Morgan fingerprint density at radius 1 is 1.21 bits per heavy atom. The van der Waals surface area contributed by atoms with Crippen molar-refractivity contribution in [3.63, 3.8) is 0 Å². The van der Waals surface area contributed by atoms with Gasteiger partial charge in [0.05, 0.1) is 9.80 Å². The average Bonchev–Trinajstić information content (AvgIpc) is 3.07. The average molecular weight is 385 g/mol.